The van der Waals surface area contributed by atoms with E-state index in [9.17, 15) is 26.8 Å². The molecule has 28 heavy (non-hydrogen) atoms. The number of carbonyl (C=O) groups excluding carboxylic acids is 2. The highest BCUT2D eigenvalue weighted by atomic mass is 32.2. The van der Waals surface area contributed by atoms with Crippen molar-refractivity contribution in [3.63, 3.8) is 0 Å². The first kappa shape index (κ1) is 21.6. The lowest BCUT2D eigenvalue weighted by Crippen LogP contribution is -2.32. The molecule has 0 atom stereocenters. The normalized spacial score (nSPS) is 11.3. The Hall–Kier alpha value is -2.65. The number of carbonyl (C=O) groups is 2. The van der Waals surface area contributed by atoms with Crippen LogP contribution in [0.5, 0.6) is 0 Å². The number of nitrogens with one attached hydrogen (secondary N) is 1. The first-order valence-electron chi connectivity index (χ1n) is 8.23. The Morgan fingerprint density at radius 1 is 1.00 bits per heavy atom. The Labute approximate surface area is 161 Å². The van der Waals surface area contributed by atoms with Crippen molar-refractivity contribution >= 4 is 21.8 Å². The number of aryl methyl sites for hydroxylation is 3. The molecule has 0 aliphatic rings. The molecule has 150 valence electrons. The highest BCUT2D eigenvalue weighted by molar-refractivity contribution is 7.89. The van der Waals surface area contributed by atoms with E-state index < -0.39 is 51.5 Å². The number of halogens is 2. The van der Waals surface area contributed by atoms with Crippen molar-refractivity contribution in [3.05, 3.63) is 64.2 Å². The monoisotopic (exact) mass is 411 g/mol. The van der Waals surface area contributed by atoms with Crippen molar-refractivity contribution in [2.24, 2.45) is 0 Å². The molecule has 2 aromatic rings. The largest absolute Gasteiger partial charge is 0.456 e. The zero-order valence-electron chi connectivity index (χ0n) is 15.5. The summed E-state index contributed by atoms with van der Waals surface area (Å²) in [6.07, 6.45) is 0. The molecule has 9 heteroatoms. The zero-order valence-corrected chi connectivity index (χ0v) is 16.3. The minimum absolute atomic E-state index is 0.393. The number of esters is 1. The summed E-state index contributed by atoms with van der Waals surface area (Å²) in [5.74, 6) is -4.09. The van der Waals surface area contributed by atoms with Crippen LogP contribution in [0.1, 0.15) is 27.0 Å². The van der Waals surface area contributed by atoms with Gasteiger partial charge >= 0.3 is 5.97 Å². The lowest BCUT2D eigenvalue weighted by molar-refractivity contribution is -0.141. The molecule has 0 bridgehead atoms. The maximum absolute atomic E-state index is 13.6. The van der Waals surface area contributed by atoms with Crippen LogP contribution in [0, 0.1) is 32.4 Å². The molecule has 0 saturated carbocycles. The van der Waals surface area contributed by atoms with Crippen LogP contribution in [0.3, 0.4) is 0 Å². The number of Topliss-reactive ketones (excluding diaryl/α,β-unsaturated/α-hetero) is 1. The summed E-state index contributed by atoms with van der Waals surface area (Å²) in [6, 6.07) is 6.09. The average molecular weight is 411 g/mol. The number of hydrogen-bond acceptors (Lipinski definition) is 5. The lowest BCUT2D eigenvalue weighted by Gasteiger charge is -2.10. The summed E-state index contributed by atoms with van der Waals surface area (Å²) < 4.78 is 57.7. The van der Waals surface area contributed by atoms with Gasteiger partial charge in [-0.15, -0.1) is 0 Å². The summed E-state index contributed by atoms with van der Waals surface area (Å²) in [5, 5.41) is 0. The smallest absolute Gasteiger partial charge is 0.321 e. The topological polar surface area (TPSA) is 89.5 Å². The average Bonchev–Trinajstić information content (AvgIpc) is 2.60. The maximum Gasteiger partial charge on any atom is 0.321 e. The molecule has 0 aliphatic heterocycles. The summed E-state index contributed by atoms with van der Waals surface area (Å²) in [4.78, 5) is 22.8. The van der Waals surface area contributed by atoms with Gasteiger partial charge in [-0.05, 0) is 55.7 Å². The Morgan fingerprint density at radius 3 is 2.18 bits per heavy atom. The number of hydrogen-bond donors (Lipinski definition) is 1. The molecule has 0 amide bonds. The highest BCUT2D eigenvalue weighted by Crippen LogP contribution is 2.18. The van der Waals surface area contributed by atoms with Gasteiger partial charge in [0.2, 0.25) is 15.8 Å². The first-order chi connectivity index (χ1) is 13.0. The van der Waals surface area contributed by atoms with Gasteiger partial charge in [-0.1, -0.05) is 12.1 Å². The molecule has 0 unspecified atom stereocenters. The number of rotatable bonds is 7. The van der Waals surface area contributed by atoms with E-state index in [0.717, 1.165) is 34.9 Å². The van der Waals surface area contributed by atoms with Crippen molar-refractivity contribution in [1.29, 1.82) is 0 Å². The third kappa shape index (κ3) is 4.99. The number of sulfonamides is 1. The van der Waals surface area contributed by atoms with E-state index >= 15 is 0 Å². The van der Waals surface area contributed by atoms with Crippen molar-refractivity contribution in [2.45, 2.75) is 25.7 Å². The third-order valence-electron chi connectivity index (χ3n) is 4.10. The summed E-state index contributed by atoms with van der Waals surface area (Å²) in [5.41, 5.74) is 3.03. The Kier molecular flexibility index (Phi) is 6.63. The van der Waals surface area contributed by atoms with Gasteiger partial charge in [-0.2, -0.15) is 4.72 Å². The molecule has 0 radical (unpaired) electrons. The zero-order chi connectivity index (χ0) is 21.1. The standard InChI is InChI=1S/C19H19F2NO5S/c1-11-7-13(3)14(8-12(11)2)17(23)10-27-18(24)9-22-28(25,26)19-15(20)5-4-6-16(19)21/h4-8,22H,9-10H2,1-3H3. The van der Waals surface area contributed by atoms with Crippen molar-refractivity contribution in [1.82, 2.24) is 4.72 Å². The molecule has 0 heterocycles. The third-order valence-corrected chi connectivity index (χ3v) is 5.55. The van der Waals surface area contributed by atoms with Crippen LogP contribution in [0.15, 0.2) is 35.2 Å². The fourth-order valence-electron chi connectivity index (χ4n) is 2.50. The predicted molar refractivity (Wildman–Crippen MR) is 97.5 cm³/mol. The highest BCUT2D eigenvalue weighted by Gasteiger charge is 2.24. The molecule has 0 aliphatic carbocycles. The van der Waals surface area contributed by atoms with Crippen LogP contribution in [0.4, 0.5) is 8.78 Å². The molecule has 2 rings (SSSR count). The van der Waals surface area contributed by atoms with Crippen LogP contribution < -0.4 is 4.72 Å². The number of ether oxygens (including phenoxy) is 1. The van der Waals surface area contributed by atoms with Crippen LogP contribution >= 0.6 is 0 Å². The van der Waals surface area contributed by atoms with Gasteiger partial charge in [0.05, 0.1) is 0 Å². The van der Waals surface area contributed by atoms with Gasteiger partial charge in [0, 0.05) is 5.56 Å². The van der Waals surface area contributed by atoms with Gasteiger partial charge in [0.25, 0.3) is 0 Å². The second-order valence-corrected chi connectivity index (χ2v) is 7.91. The van der Waals surface area contributed by atoms with E-state index in [1.807, 2.05) is 19.9 Å². The SMILES string of the molecule is Cc1cc(C)c(C(=O)COC(=O)CNS(=O)(=O)c2c(F)cccc2F)cc1C. The van der Waals surface area contributed by atoms with Gasteiger partial charge in [0.1, 0.15) is 18.2 Å². The van der Waals surface area contributed by atoms with E-state index in [1.165, 1.54) is 0 Å². The van der Waals surface area contributed by atoms with E-state index in [-0.39, 0.29) is 0 Å². The van der Waals surface area contributed by atoms with Gasteiger partial charge in [-0.25, -0.2) is 17.2 Å². The van der Waals surface area contributed by atoms with Crippen molar-refractivity contribution in [2.75, 3.05) is 13.2 Å². The Morgan fingerprint density at radius 2 is 1.57 bits per heavy atom. The summed E-state index contributed by atoms with van der Waals surface area (Å²) >= 11 is 0. The van der Waals surface area contributed by atoms with E-state index in [2.05, 4.69) is 0 Å². The summed E-state index contributed by atoms with van der Waals surface area (Å²) in [7, 11) is -4.61. The molecular weight excluding hydrogens is 392 g/mol. The van der Waals surface area contributed by atoms with Crippen molar-refractivity contribution in [3.8, 4) is 0 Å². The maximum atomic E-state index is 13.6. The second-order valence-electron chi connectivity index (χ2n) is 6.21. The first-order valence-corrected chi connectivity index (χ1v) is 9.71. The van der Waals surface area contributed by atoms with Gasteiger partial charge in [0.15, 0.2) is 11.5 Å². The number of ketones is 1. The van der Waals surface area contributed by atoms with E-state index in [4.69, 9.17) is 4.74 Å². The molecule has 1 N–H and O–H groups in total. The fourth-order valence-corrected chi connectivity index (χ4v) is 3.60. The van der Waals surface area contributed by atoms with Gasteiger partial charge < -0.3 is 4.74 Å². The molecule has 2 aromatic carbocycles. The molecule has 6 nitrogen and oxygen atoms in total. The van der Waals surface area contributed by atoms with Crippen molar-refractivity contribution < 1.29 is 31.5 Å². The molecule has 0 spiro atoms. The quantitative estimate of drug-likeness (QED) is 0.559. The Balaban J connectivity index is 1.98. The second kappa shape index (κ2) is 8.57. The molecular formula is C19H19F2NO5S. The predicted octanol–water partition coefficient (Wildman–Crippen LogP) is 2.59. The minimum Gasteiger partial charge on any atom is -0.456 e. The van der Waals surface area contributed by atoms with E-state index in [0.29, 0.717) is 5.56 Å². The van der Waals surface area contributed by atoms with Gasteiger partial charge in [-0.3, -0.25) is 9.59 Å². The Bertz CT molecular complexity index is 1010. The molecule has 0 fully saturated rings. The fraction of sp³-hybridized carbons (Fsp3) is 0.263. The van der Waals surface area contributed by atoms with Crippen LogP contribution in [-0.2, 0) is 19.6 Å². The molecule has 0 saturated heterocycles. The molecule has 0 aromatic heterocycles. The minimum atomic E-state index is -4.61. The van der Waals surface area contributed by atoms with Crippen LogP contribution in [0.2, 0.25) is 0 Å². The van der Waals surface area contributed by atoms with Crippen LogP contribution in [-0.4, -0.2) is 33.3 Å². The summed E-state index contributed by atoms with van der Waals surface area (Å²) in [6.45, 7) is 4.03. The van der Waals surface area contributed by atoms with Crippen LogP contribution in [0.25, 0.3) is 0 Å². The number of benzene rings is 2. The van der Waals surface area contributed by atoms with E-state index in [1.54, 1.807) is 17.7 Å². The lowest BCUT2D eigenvalue weighted by atomic mass is 9.98.